The zero-order valence-electron chi connectivity index (χ0n) is 8.44. The van der Waals surface area contributed by atoms with Crippen LogP contribution in [0.4, 0.5) is 5.69 Å². The Kier molecular flexibility index (Phi) is 2.50. The molecule has 1 aromatic carbocycles. The van der Waals surface area contributed by atoms with E-state index in [9.17, 15) is 0 Å². The maximum Gasteiger partial charge on any atom is 0.144 e. The molecule has 0 aliphatic carbocycles. The van der Waals surface area contributed by atoms with Gasteiger partial charge in [-0.3, -0.25) is 0 Å². The van der Waals surface area contributed by atoms with Crippen molar-refractivity contribution in [2.75, 3.05) is 11.9 Å². The van der Waals surface area contributed by atoms with Crippen molar-refractivity contribution in [1.29, 1.82) is 0 Å². The Labute approximate surface area is 103 Å². The minimum atomic E-state index is 0.244. The van der Waals surface area contributed by atoms with Crippen LogP contribution in [0.2, 0.25) is 5.02 Å². The van der Waals surface area contributed by atoms with E-state index in [0.717, 1.165) is 11.4 Å². The van der Waals surface area contributed by atoms with Gasteiger partial charge in [0, 0.05) is 16.0 Å². The van der Waals surface area contributed by atoms with Crippen molar-refractivity contribution in [3.63, 3.8) is 0 Å². The van der Waals surface area contributed by atoms with Gasteiger partial charge >= 0.3 is 0 Å². The molecule has 1 aliphatic rings. The van der Waals surface area contributed by atoms with Gasteiger partial charge < -0.3 is 10.1 Å². The highest BCUT2D eigenvalue weighted by Gasteiger charge is 2.20. The molecule has 1 N–H and O–H groups in total. The van der Waals surface area contributed by atoms with Gasteiger partial charge in [-0.05, 0) is 23.6 Å². The van der Waals surface area contributed by atoms with E-state index in [0.29, 0.717) is 11.6 Å². The number of hydrogen-bond acceptors (Lipinski definition) is 3. The van der Waals surface area contributed by atoms with Gasteiger partial charge in [-0.25, -0.2) is 0 Å². The highest BCUT2D eigenvalue weighted by Crippen LogP contribution is 2.36. The number of hydrogen-bond donors (Lipinski definition) is 1. The number of rotatable bonds is 1. The molecule has 1 aromatic heterocycles. The highest BCUT2D eigenvalue weighted by atomic mass is 35.5. The van der Waals surface area contributed by atoms with E-state index in [1.165, 1.54) is 4.88 Å². The minimum absolute atomic E-state index is 0.244. The van der Waals surface area contributed by atoms with E-state index in [2.05, 4.69) is 22.8 Å². The number of thiophene rings is 1. The number of anilines is 1. The second-order valence-electron chi connectivity index (χ2n) is 3.66. The summed E-state index contributed by atoms with van der Waals surface area (Å²) in [7, 11) is 0. The molecular formula is C12H10ClNOS. The van der Waals surface area contributed by atoms with E-state index in [4.69, 9.17) is 16.3 Å². The lowest BCUT2D eigenvalue weighted by atomic mass is 10.2. The number of fused-ring (bicyclic) bond motifs is 1. The first kappa shape index (κ1) is 10.00. The quantitative estimate of drug-likeness (QED) is 0.829. The zero-order valence-corrected chi connectivity index (χ0v) is 10.0. The Bertz CT molecular complexity index is 498. The van der Waals surface area contributed by atoms with Crippen LogP contribution >= 0.6 is 22.9 Å². The first-order chi connectivity index (χ1) is 7.83. The lowest BCUT2D eigenvalue weighted by Gasteiger charge is -2.26. The van der Waals surface area contributed by atoms with E-state index >= 15 is 0 Å². The van der Waals surface area contributed by atoms with Gasteiger partial charge in [-0.2, -0.15) is 0 Å². The maximum absolute atomic E-state index is 5.91. The molecule has 0 bridgehead atoms. The number of benzene rings is 1. The van der Waals surface area contributed by atoms with Crippen molar-refractivity contribution in [3.05, 3.63) is 45.6 Å². The molecule has 0 unspecified atom stereocenters. The first-order valence-corrected chi connectivity index (χ1v) is 6.31. The molecule has 3 rings (SSSR count). The minimum Gasteiger partial charge on any atom is -0.489 e. The predicted molar refractivity (Wildman–Crippen MR) is 67.6 cm³/mol. The third kappa shape index (κ3) is 1.77. The molecule has 0 spiro atoms. The molecule has 0 amide bonds. The van der Waals surface area contributed by atoms with Crippen molar-refractivity contribution in [3.8, 4) is 5.75 Å². The van der Waals surface area contributed by atoms with Crippen molar-refractivity contribution in [2.24, 2.45) is 0 Å². The molecule has 1 aliphatic heterocycles. The third-order valence-electron chi connectivity index (χ3n) is 2.57. The molecule has 0 saturated heterocycles. The van der Waals surface area contributed by atoms with Crippen LogP contribution in [0, 0.1) is 0 Å². The van der Waals surface area contributed by atoms with Gasteiger partial charge in [0.05, 0.1) is 11.7 Å². The number of halogens is 1. The Balaban J connectivity index is 1.89. The fraction of sp³-hybridized carbons (Fsp3) is 0.167. The summed E-state index contributed by atoms with van der Waals surface area (Å²) in [4.78, 5) is 1.29. The zero-order chi connectivity index (χ0) is 11.0. The topological polar surface area (TPSA) is 21.3 Å². The summed E-state index contributed by atoms with van der Waals surface area (Å²) >= 11 is 7.65. The smallest absolute Gasteiger partial charge is 0.144 e. The Morgan fingerprint density at radius 2 is 2.31 bits per heavy atom. The average Bonchev–Trinajstić information content (AvgIpc) is 2.82. The monoisotopic (exact) mass is 251 g/mol. The summed E-state index contributed by atoms with van der Waals surface area (Å²) in [6.07, 6.45) is 0. The molecule has 2 heterocycles. The largest absolute Gasteiger partial charge is 0.489 e. The molecule has 4 heteroatoms. The molecule has 16 heavy (non-hydrogen) atoms. The van der Waals surface area contributed by atoms with Crippen molar-refractivity contribution < 1.29 is 4.74 Å². The molecule has 0 fully saturated rings. The molecule has 2 nitrogen and oxygen atoms in total. The summed E-state index contributed by atoms with van der Waals surface area (Å²) < 4.78 is 5.70. The summed E-state index contributed by atoms with van der Waals surface area (Å²) in [6, 6.07) is 10.1. The summed E-state index contributed by atoms with van der Waals surface area (Å²) in [5.41, 5.74) is 1.01. The van der Waals surface area contributed by atoms with Crippen LogP contribution in [0.1, 0.15) is 10.9 Å². The number of ether oxygens (including phenoxy) is 1. The van der Waals surface area contributed by atoms with Crippen LogP contribution in [0.25, 0.3) is 0 Å². The van der Waals surface area contributed by atoms with Crippen molar-refractivity contribution in [1.82, 2.24) is 0 Å². The standard InChI is InChI=1S/C12H10ClNOS/c13-8-3-4-9-11(6-8)15-7-10(14-9)12-2-1-5-16-12/h1-6,10,14H,7H2/t10-/m1/s1. The Morgan fingerprint density at radius 3 is 3.12 bits per heavy atom. The van der Waals surface area contributed by atoms with Crippen LogP contribution in [0.15, 0.2) is 35.7 Å². The van der Waals surface area contributed by atoms with Crippen LogP contribution in [-0.2, 0) is 0 Å². The lowest BCUT2D eigenvalue weighted by Crippen LogP contribution is -2.22. The number of nitrogens with one attached hydrogen (secondary N) is 1. The summed E-state index contributed by atoms with van der Waals surface area (Å²) in [5, 5.41) is 6.23. The normalized spacial score (nSPS) is 18.4. The molecule has 0 radical (unpaired) electrons. The van der Waals surface area contributed by atoms with Gasteiger partial charge in [-0.1, -0.05) is 17.7 Å². The summed E-state index contributed by atoms with van der Waals surface area (Å²) in [6.45, 7) is 0.647. The Hall–Kier alpha value is -1.19. The fourth-order valence-electron chi connectivity index (χ4n) is 1.78. The van der Waals surface area contributed by atoms with Crippen LogP contribution in [0.3, 0.4) is 0 Å². The molecule has 0 saturated carbocycles. The van der Waals surface area contributed by atoms with E-state index in [-0.39, 0.29) is 6.04 Å². The molecular weight excluding hydrogens is 242 g/mol. The lowest BCUT2D eigenvalue weighted by molar-refractivity contribution is 0.288. The maximum atomic E-state index is 5.91. The van der Waals surface area contributed by atoms with Gasteiger partial charge in [0.1, 0.15) is 12.4 Å². The average molecular weight is 252 g/mol. The van der Waals surface area contributed by atoms with Gasteiger partial charge in [0.25, 0.3) is 0 Å². The van der Waals surface area contributed by atoms with Crippen molar-refractivity contribution >= 4 is 28.6 Å². The Morgan fingerprint density at radius 1 is 1.38 bits per heavy atom. The van der Waals surface area contributed by atoms with E-state index < -0.39 is 0 Å². The highest BCUT2D eigenvalue weighted by molar-refractivity contribution is 7.10. The van der Waals surface area contributed by atoms with Crippen LogP contribution in [-0.4, -0.2) is 6.61 Å². The van der Waals surface area contributed by atoms with E-state index in [1.54, 1.807) is 11.3 Å². The van der Waals surface area contributed by atoms with Crippen LogP contribution in [0.5, 0.6) is 5.75 Å². The SMILES string of the molecule is Clc1ccc2c(c1)OC[C@H](c1cccs1)N2. The van der Waals surface area contributed by atoms with Crippen molar-refractivity contribution in [2.45, 2.75) is 6.04 Å². The van der Waals surface area contributed by atoms with Crippen LogP contribution < -0.4 is 10.1 Å². The first-order valence-electron chi connectivity index (χ1n) is 5.05. The third-order valence-corrected chi connectivity index (χ3v) is 3.79. The van der Waals surface area contributed by atoms with E-state index in [1.807, 2.05) is 18.2 Å². The second-order valence-corrected chi connectivity index (χ2v) is 5.08. The van der Waals surface area contributed by atoms with Gasteiger partial charge in [-0.15, -0.1) is 11.3 Å². The molecule has 2 aromatic rings. The fourth-order valence-corrected chi connectivity index (χ4v) is 2.70. The molecule has 1 atom stereocenters. The van der Waals surface area contributed by atoms with Gasteiger partial charge in [0.15, 0.2) is 0 Å². The second kappa shape index (κ2) is 4.00. The molecule has 82 valence electrons. The summed E-state index contributed by atoms with van der Waals surface area (Å²) in [5.74, 6) is 0.834. The predicted octanol–water partition coefficient (Wildman–Crippen LogP) is 3.95. The van der Waals surface area contributed by atoms with Gasteiger partial charge in [0.2, 0.25) is 0 Å².